The van der Waals surface area contributed by atoms with Crippen molar-refractivity contribution < 1.29 is 13.2 Å². The molecule has 0 fully saturated rings. The highest BCUT2D eigenvalue weighted by atomic mass is 19.1. The van der Waals surface area contributed by atoms with Crippen LogP contribution in [0.15, 0.2) is 18.5 Å². The van der Waals surface area contributed by atoms with Crippen LogP contribution in [-0.4, -0.2) is 15.2 Å². The van der Waals surface area contributed by atoms with Crippen molar-refractivity contribution in [2.45, 2.75) is 0 Å². The van der Waals surface area contributed by atoms with Crippen LogP contribution in [-0.2, 0) is 0 Å². The molecule has 0 spiro atoms. The van der Waals surface area contributed by atoms with E-state index < -0.39 is 23.0 Å². The van der Waals surface area contributed by atoms with Crippen molar-refractivity contribution in [1.82, 2.24) is 15.2 Å². The minimum atomic E-state index is -1.01. The second kappa shape index (κ2) is 3.13. The number of hydrogen-bond donors (Lipinski definition) is 1. The van der Waals surface area contributed by atoms with Crippen molar-refractivity contribution in [1.29, 1.82) is 0 Å². The third kappa shape index (κ3) is 1.34. The molecule has 0 unspecified atom stereocenters. The number of aromatic nitrogens is 3. The highest BCUT2D eigenvalue weighted by Gasteiger charge is 2.15. The van der Waals surface area contributed by atoms with Crippen LogP contribution in [0.2, 0.25) is 0 Å². The Labute approximate surface area is 76.6 Å². The number of nitrogens with one attached hydrogen (secondary N) is 1. The summed E-state index contributed by atoms with van der Waals surface area (Å²) < 4.78 is 38.7. The predicted molar refractivity (Wildman–Crippen MR) is 41.7 cm³/mol. The lowest BCUT2D eigenvalue weighted by atomic mass is 10.2. The number of benzene rings is 1. The minimum Gasteiger partial charge on any atom is -0.259 e. The van der Waals surface area contributed by atoms with E-state index in [0.29, 0.717) is 12.1 Å². The molecule has 6 heteroatoms. The van der Waals surface area contributed by atoms with Crippen molar-refractivity contribution in [3.8, 4) is 11.4 Å². The molecule has 0 bridgehead atoms. The highest BCUT2D eigenvalue weighted by Crippen LogP contribution is 2.22. The van der Waals surface area contributed by atoms with Gasteiger partial charge in [0.2, 0.25) is 0 Å². The van der Waals surface area contributed by atoms with Gasteiger partial charge in [-0.25, -0.2) is 18.2 Å². The maximum Gasteiger partial charge on any atom is 0.161 e. The molecule has 2 aromatic rings. The van der Waals surface area contributed by atoms with Crippen molar-refractivity contribution >= 4 is 0 Å². The summed E-state index contributed by atoms with van der Waals surface area (Å²) in [6.45, 7) is 0. The number of nitrogens with zero attached hydrogens (tertiary/aromatic N) is 2. The molecule has 0 aliphatic heterocycles. The Morgan fingerprint density at radius 2 is 1.71 bits per heavy atom. The fourth-order valence-electron chi connectivity index (χ4n) is 1.09. The quantitative estimate of drug-likeness (QED) is 0.761. The Hall–Kier alpha value is -1.85. The Balaban J connectivity index is 2.64. The molecule has 0 saturated carbocycles. The summed E-state index contributed by atoms with van der Waals surface area (Å²) in [6.07, 6.45) is 1.11. The lowest BCUT2D eigenvalue weighted by molar-refractivity contribution is 0.547. The van der Waals surface area contributed by atoms with Gasteiger partial charge >= 0.3 is 0 Å². The van der Waals surface area contributed by atoms with Gasteiger partial charge in [-0.3, -0.25) is 5.10 Å². The number of aromatic amines is 1. The lowest BCUT2D eigenvalue weighted by Crippen LogP contribution is -1.93. The fourth-order valence-corrected chi connectivity index (χ4v) is 1.09. The molecule has 1 N–H and O–H groups in total. The monoisotopic (exact) mass is 199 g/mol. The average Bonchev–Trinajstić information content (AvgIpc) is 2.54. The van der Waals surface area contributed by atoms with E-state index in [0.717, 1.165) is 6.33 Å². The van der Waals surface area contributed by atoms with Gasteiger partial charge in [0.1, 0.15) is 23.8 Å². The van der Waals surface area contributed by atoms with Crippen LogP contribution >= 0.6 is 0 Å². The second-order valence-corrected chi connectivity index (χ2v) is 2.58. The van der Waals surface area contributed by atoms with Crippen LogP contribution in [0.3, 0.4) is 0 Å². The summed E-state index contributed by atoms with van der Waals surface area (Å²) >= 11 is 0. The van der Waals surface area contributed by atoms with Crippen LogP contribution in [0.25, 0.3) is 11.4 Å². The lowest BCUT2D eigenvalue weighted by Gasteiger charge is -2.00. The van der Waals surface area contributed by atoms with E-state index >= 15 is 0 Å². The third-order valence-corrected chi connectivity index (χ3v) is 1.66. The number of hydrogen-bond acceptors (Lipinski definition) is 2. The van der Waals surface area contributed by atoms with E-state index in [9.17, 15) is 13.2 Å². The normalized spacial score (nSPS) is 10.5. The topological polar surface area (TPSA) is 41.6 Å². The van der Waals surface area contributed by atoms with Crippen LogP contribution in [0, 0.1) is 17.5 Å². The zero-order valence-electron chi connectivity index (χ0n) is 6.76. The molecule has 0 aliphatic carbocycles. The van der Waals surface area contributed by atoms with Gasteiger partial charge < -0.3 is 0 Å². The van der Waals surface area contributed by atoms with Crippen LogP contribution in [0.5, 0.6) is 0 Å². The summed E-state index contributed by atoms with van der Waals surface area (Å²) in [4.78, 5) is 3.57. The van der Waals surface area contributed by atoms with Gasteiger partial charge in [0.25, 0.3) is 0 Å². The second-order valence-electron chi connectivity index (χ2n) is 2.58. The highest BCUT2D eigenvalue weighted by molar-refractivity contribution is 5.56. The van der Waals surface area contributed by atoms with E-state index in [-0.39, 0.29) is 5.82 Å². The van der Waals surface area contributed by atoms with E-state index in [1.807, 2.05) is 0 Å². The summed E-state index contributed by atoms with van der Waals surface area (Å²) in [6, 6.07) is 1.17. The molecule has 72 valence electrons. The van der Waals surface area contributed by atoms with Crippen molar-refractivity contribution in [2.24, 2.45) is 0 Å². The zero-order chi connectivity index (χ0) is 10.1. The molecule has 0 saturated heterocycles. The van der Waals surface area contributed by atoms with E-state index in [1.165, 1.54) is 0 Å². The average molecular weight is 199 g/mol. The SMILES string of the molecule is Fc1cc(F)c(-c2ncn[nH]2)c(F)c1. The van der Waals surface area contributed by atoms with Crippen LogP contribution < -0.4 is 0 Å². The van der Waals surface area contributed by atoms with Crippen LogP contribution in [0.1, 0.15) is 0 Å². The van der Waals surface area contributed by atoms with E-state index in [2.05, 4.69) is 15.2 Å². The van der Waals surface area contributed by atoms with Crippen molar-refractivity contribution in [2.75, 3.05) is 0 Å². The molecule has 0 amide bonds. The van der Waals surface area contributed by atoms with Crippen molar-refractivity contribution in [3.63, 3.8) is 0 Å². The maximum absolute atomic E-state index is 13.1. The predicted octanol–water partition coefficient (Wildman–Crippen LogP) is 1.89. The van der Waals surface area contributed by atoms with Crippen molar-refractivity contribution in [3.05, 3.63) is 35.9 Å². The molecular weight excluding hydrogens is 195 g/mol. The Kier molecular flexibility index (Phi) is 1.95. The molecule has 0 atom stereocenters. The Morgan fingerprint density at radius 1 is 1.07 bits per heavy atom. The standard InChI is InChI=1S/C8H4F3N3/c9-4-1-5(10)7(6(11)2-4)8-12-3-13-14-8/h1-3H,(H,12,13,14). The molecule has 1 aromatic heterocycles. The van der Waals surface area contributed by atoms with Gasteiger partial charge in [-0.2, -0.15) is 5.10 Å². The Bertz CT molecular complexity index is 430. The third-order valence-electron chi connectivity index (χ3n) is 1.66. The van der Waals surface area contributed by atoms with Gasteiger partial charge in [-0.05, 0) is 0 Å². The maximum atomic E-state index is 13.1. The first-order chi connectivity index (χ1) is 6.68. The zero-order valence-corrected chi connectivity index (χ0v) is 6.76. The summed E-state index contributed by atoms with van der Waals surface area (Å²) in [7, 11) is 0. The van der Waals surface area contributed by atoms with Gasteiger partial charge in [-0.1, -0.05) is 0 Å². The molecule has 1 heterocycles. The number of halogens is 3. The summed E-state index contributed by atoms with van der Waals surface area (Å²) in [5.41, 5.74) is -0.413. The fraction of sp³-hybridized carbons (Fsp3) is 0. The molecule has 0 radical (unpaired) electrons. The van der Waals surface area contributed by atoms with E-state index in [4.69, 9.17) is 0 Å². The smallest absolute Gasteiger partial charge is 0.161 e. The largest absolute Gasteiger partial charge is 0.259 e. The van der Waals surface area contributed by atoms with Gasteiger partial charge in [-0.15, -0.1) is 0 Å². The number of H-pyrrole nitrogens is 1. The molecule has 1 aromatic carbocycles. The molecular formula is C8H4F3N3. The Morgan fingerprint density at radius 3 is 2.21 bits per heavy atom. The minimum absolute atomic E-state index is 0.0694. The molecule has 0 aliphatic rings. The molecule has 3 nitrogen and oxygen atoms in total. The number of rotatable bonds is 1. The first-order valence-corrected chi connectivity index (χ1v) is 3.69. The first-order valence-electron chi connectivity index (χ1n) is 3.69. The summed E-state index contributed by atoms with van der Waals surface area (Å²) in [5.74, 6) is -3.07. The summed E-state index contributed by atoms with van der Waals surface area (Å²) in [5, 5.41) is 5.73. The van der Waals surface area contributed by atoms with Crippen LogP contribution in [0.4, 0.5) is 13.2 Å². The van der Waals surface area contributed by atoms with Gasteiger partial charge in [0.05, 0.1) is 5.56 Å². The first kappa shape index (κ1) is 8.74. The van der Waals surface area contributed by atoms with Gasteiger partial charge in [0.15, 0.2) is 5.82 Å². The van der Waals surface area contributed by atoms with E-state index in [1.54, 1.807) is 0 Å². The van der Waals surface area contributed by atoms with Gasteiger partial charge in [0, 0.05) is 12.1 Å². The molecule has 2 rings (SSSR count). The molecule has 14 heavy (non-hydrogen) atoms.